The quantitative estimate of drug-likeness (QED) is 0.825. The Morgan fingerprint density at radius 3 is 2.33 bits per heavy atom. The molecule has 0 spiro atoms. The molecule has 2 aliphatic rings. The Morgan fingerprint density at radius 2 is 1.86 bits per heavy atom. The molecule has 0 aromatic heterocycles. The van der Waals surface area contributed by atoms with E-state index in [1.807, 2.05) is 31.2 Å². The summed E-state index contributed by atoms with van der Waals surface area (Å²) in [5.41, 5.74) is 6.93. The number of nitrogen functional groups attached to an aromatic ring is 1. The molecular weight excluding hydrogens is 268 g/mol. The summed E-state index contributed by atoms with van der Waals surface area (Å²) in [7, 11) is 0. The molecule has 2 atom stereocenters. The summed E-state index contributed by atoms with van der Waals surface area (Å²) in [5, 5.41) is 9.20. The number of carbonyl (C=O) groups is 2. The first-order chi connectivity index (χ1) is 9.94. The van der Waals surface area contributed by atoms with Crippen LogP contribution < -0.4 is 5.73 Å². The van der Waals surface area contributed by atoms with Crippen LogP contribution in [0.2, 0.25) is 0 Å². The van der Waals surface area contributed by atoms with Gasteiger partial charge in [-0.2, -0.15) is 0 Å². The minimum absolute atomic E-state index is 0.00803. The van der Waals surface area contributed by atoms with Gasteiger partial charge in [-0.05, 0) is 36.5 Å². The minimum atomic E-state index is -0.810. The van der Waals surface area contributed by atoms with Crippen molar-refractivity contribution in [1.29, 1.82) is 0 Å². The number of carboxylic acids is 1. The largest absolute Gasteiger partial charge is 0.481 e. The van der Waals surface area contributed by atoms with E-state index in [1.54, 1.807) is 4.90 Å². The van der Waals surface area contributed by atoms with Gasteiger partial charge in [0.05, 0.1) is 11.3 Å². The van der Waals surface area contributed by atoms with E-state index >= 15 is 0 Å². The fourth-order valence-corrected chi connectivity index (χ4v) is 3.31. The van der Waals surface area contributed by atoms with Gasteiger partial charge in [-0.1, -0.05) is 19.1 Å². The number of rotatable bonds is 3. The molecule has 3 rings (SSSR count). The van der Waals surface area contributed by atoms with Crippen LogP contribution >= 0.6 is 0 Å². The third kappa shape index (κ3) is 2.26. The Morgan fingerprint density at radius 1 is 1.24 bits per heavy atom. The summed E-state index contributed by atoms with van der Waals surface area (Å²) in [6, 6.07) is 7.45. The number of carboxylic acid groups (broad SMARTS) is 1. The van der Waals surface area contributed by atoms with Gasteiger partial charge in [0.25, 0.3) is 0 Å². The minimum Gasteiger partial charge on any atom is -0.481 e. The van der Waals surface area contributed by atoms with Gasteiger partial charge in [-0.15, -0.1) is 0 Å². The third-order valence-corrected chi connectivity index (χ3v) is 4.84. The zero-order valence-corrected chi connectivity index (χ0v) is 12.1. The highest BCUT2D eigenvalue weighted by Gasteiger charge is 2.54. The first-order valence-corrected chi connectivity index (χ1v) is 7.32. The van der Waals surface area contributed by atoms with Crippen molar-refractivity contribution in [3.05, 3.63) is 29.8 Å². The van der Waals surface area contributed by atoms with Crippen LogP contribution in [0.3, 0.4) is 0 Å². The maximum absolute atomic E-state index is 12.8. The van der Waals surface area contributed by atoms with E-state index in [0.29, 0.717) is 18.8 Å². The Hall–Kier alpha value is -2.04. The number of likely N-dealkylation sites (tertiary alicyclic amines) is 1. The van der Waals surface area contributed by atoms with Crippen LogP contribution in [0.4, 0.5) is 5.69 Å². The number of hydrogen-bond donors (Lipinski definition) is 2. The van der Waals surface area contributed by atoms with Crippen LogP contribution in [0.5, 0.6) is 0 Å². The lowest BCUT2D eigenvalue weighted by molar-refractivity contribution is -0.142. The molecule has 2 unspecified atom stereocenters. The molecule has 1 aromatic carbocycles. The molecule has 5 heteroatoms. The molecule has 0 bridgehead atoms. The Bertz CT molecular complexity index is 578. The molecular formula is C16H20N2O3. The summed E-state index contributed by atoms with van der Waals surface area (Å²) >= 11 is 0. The highest BCUT2D eigenvalue weighted by atomic mass is 16.4. The van der Waals surface area contributed by atoms with Crippen molar-refractivity contribution in [1.82, 2.24) is 4.90 Å². The van der Waals surface area contributed by atoms with Crippen molar-refractivity contribution < 1.29 is 14.7 Å². The first-order valence-electron chi connectivity index (χ1n) is 7.32. The molecule has 3 N–H and O–H groups in total. The normalized spacial score (nSPS) is 26.6. The van der Waals surface area contributed by atoms with Crippen molar-refractivity contribution in [3.63, 3.8) is 0 Å². The van der Waals surface area contributed by atoms with Crippen LogP contribution in [0.1, 0.15) is 25.3 Å². The van der Waals surface area contributed by atoms with E-state index in [4.69, 9.17) is 5.73 Å². The molecule has 1 saturated carbocycles. The number of anilines is 1. The maximum Gasteiger partial charge on any atom is 0.308 e. The smallest absolute Gasteiger partial charge is 0.308 e. The second-order valence-electron chi connectivity index (χ2n) is 6.34. The molecule has 21 heavy (non-hydrogen) atoms. The molecule has 0 radical (unpaired) electrons. The van der Waals surface area contributed by atoms with Crippen LogP contribution in [0.15, 0.2) is 24.3 Å². The Labute approximate surface area is 123 Å². The number of carbonyl (C=O) groups excluding carboxylic acids is 1. The number of aliphatic carboxylic acids is 1. The van der Waals surface area contributed by atoms with Crippen molar-refractivity contribution in [2.75, 3.05) is 18.8 Å². The van der Waals surface area contributed by atoms with Crippen LogP contribution in [0, 0.1) is 11.8 Å². The fraction of sp³-hybridized carbons (Fsp3) is 0.500. The number of nitrogens with two attached hydrogens (primary N) is 1. The number of nitrogens with zero attached hydrogens (tertiary/aromatic N) is 1. The summed E-state index contributed by atoms with van der Waals surface area (Å²) in [4.78, 5) is 25.8. The van der Waals surface area contributed by atoms with Crippen LogP contribution in [-0.4, -0.2) is 35.0 Å². The molecule has 1 amide bonds. The average molecular weight is 288 g/mol. The third-order valence-electron chi connectivity index (χ3n) is 4.84. The van der Waals surface area contributed by atoms with Gasteiger partial charge >= 0.3 is 5.97 Å². The van der Waals surface area contributed by atoms with E-state index in [0.717, 1.165) is 18.4 Å². The molecule has 112 valence electrons. The van der Waals surface area contributed by atoms with Crippen molar-refractivity contribution >= 4 is 17.6 Å². The molecule has 1 saturated heterocycles. The Balaban J connectivity index is 1.80. The van der Waals surface area contributed by atoms with Crippen molar-refractivity contribution in [2.45, 2.75) is 25.2 Å². The first kappa shape index (κ1) is 13.9. The second-order valence-corrected chi connectivity index (χ2v) is 6.34. The predicted octanol–water partition coefficient (Wildman–Crippen LogP) is 1.48. The van der Waals surface area contributed by atoms with E-state index in [1.165, 1.54) is 0 Å². The lowest BCUT2D eigenvalue weighted by Crippen LogP contribution is -2.38. The van der Waals surface area contributed by atoms with E-state index in [-0.39, 0.29) is 11.8 Å². The van der Waals surface area contributed by atoms with Gasteiger partial charge in [0.15, 0.2) is 0 Å². The fourth-order valence-electron chi connectivity index (χ4n) is 3.31. The lowest BCUT2D eigenvalue weighted by atomic mass is 9.94. The van der Waals surface area contributed by atoms with Gasteiger partial charge in [-0.3, -0.25) is 9.59 Å². The highest BCUT2D eigenvalue weighted by molar-refractivity contribution is 5.92. The van der Waals surface area contributed by atoms with Crippen molar-refractivity contribution in [2.24, 2.45) is 11.8 Å². The number of benzene rings is 1. The van der Waals surface area contributed by atoms with Gasteiger partial charge in [0.2, 0.25) is 5.91 Å². The molecule has 1 aliphatic heterocycles. The molecule has 1 aromatic rings. The molecule has 1 heterocycles. The average Bonchev–Trinajstić information content (AvgIpc) is 3.16. The van der Waals surface area contributed by atoms with Crippen LogP contribution in [0.25, 0.3) is 0 Å². The standard InChI is InChI=1S/C16H20N2O3/c1-10-8-18(9-13(10)14(19)20)15(21)16(6-7-16)11-2-4-12(17)5-3-11/h2-5,10,13H,6-9,17H2,1H3,(H,19,20). The zero-order valence-electron chi connectivity index (χ0n) is 12.1. The van der Waals surface area contributed by atoms with E-state index in [2.05, 4.69) is 0 Å². The van der Waals surface area contributed by atoms with Crippen LogP contribution in [-0.2, 0) is 15.0 Å². The SMILES string of the molecule is CC1CN(C(=O)C2(c3ccc(N)cc3)CC2)CC1C(=O)O. The van der Waals surface area contributed by atoms with E-state index in [9.17, 15) is 14.7 Å². The van der Waals surface area contributed by atoms with Gasteiger partial charge in [-0.25, -0.2) is 0 Å². The van der Waals surface area contributed by atoms with Gasteiger partial charge in [0, 0.05) is 18.8 Å². The maximum atomic E-state index is 12.8. The zero-order chi connectivity index (χ0) is 15.2. The molecule has 1 aliphatic carbocycles. The summed E-state index contributed by atoms with van der Waals surface area (Å²) in [5.74, 6) is -1.18. The Kier molecular flexibility index (Phi) is 3.15. The van der Waals surface area contributed by atoms with Gasteiger partial charge in [0.1, 0.15) is 0 Å². The number of amides is 1. The summed E-state index contributed by atoms with van der Waals surface area (Å²) in [6.07, 6.45) is 1.66. The number of hydrogen-bond acceptors (Lipinski definition) is 3. The van der Waals surface area contributed by atoms with Crippen molar-refractivity contribution in [3.8, 4) is 0 Å². The summed E-state index contributed by atoms with van der Waals surface area (Å²) < 4.78 is 0. The molecule has 5 nitrogen and oxygen atoms in total. The predicted molar refractivity (Wildman–Crippen MR) is 78.6 cm³/mol. The summed E-state index contributed by atoms with van der Waals surface area (Å²) in [6.45, 7) is 2.76. The lowest BCUT2D eigenvalue weighted by Gasteiger charge is -2.23. The van der Waals surface area contributed by atoms with E-state index < -0.39 is 17.3 Å². The topological polar surface area (TPSA) is 83.6 Å². The van der Waals surface area contributed by atoms with Gasteiger partial charge < -0.3 is 15.7 Å². The highest BCUT2D eigenvalue weighted by Crippen LogP contribution is 2.50. The molecule has 2 fully saturated rings. The second kappa shape index (κ2) is 4.76. The monoisotopic (exact) mass is 288 g/mol.